The van der Waals surface area contributed by atoms with Crippen molar-refractivity contribution >= 4 is 34.3 Å². The molecule has 9 heteroatoms. The molecule has 2 aliphatic heterocycles. The van der Waals surface area contributed by atoms with E-state index < -0.39 is 6.10 Å². The van der Waals surface area contributed by atoms with Gasteiger partial charge in [0.1, 0.15) is 6.61 Å². The van der Waals surface area contributed by atoms with E-state index in [0.717, 1.165) is 16.5 Å². The zero-order chi connectivity index (χ0) is 27.1. The van der Waals surface area contributed by atoms with E-state index in [1.54, 1.807) is 12.1 Å². The van der Waals surface area contributed by atoms with Crippen molar-refractivity contribution in [2.45, 2.75) is 17.7 Å². The molecule has 40 heavy (non-hydrogen) atoms. The Bertz CT molecular complexity index is 1700. The molecule has 1 atom stereocenters. The van der Waals surface area contributed by atoms with Gasteiger partial charge < -0.3 is 9.47 Å². The monoisotopic (exact) mass is 548 g/mol. The second kappa shape index (κ2) is 10.2. The molecule has 3 heterocycles. The average molecular weight is 549 g/mol. The third kappa shape index (κ3) is 4.19. The number of thioether (sulfide) groups is 1. The van der Waals surface area contributed by atoms with Crippen LogP contribution in [0.1, 0.15) is 39.1 Å². The Morgan fingerprint density at radius 1 is 0.800 bits per heavy atom. The van der Waals surface area contributed by atoms with Crippen LogP contribution < -0.4 is 9.47 Å². The predicted octanol–water partition coefficient (Wildman–Crippen LogP) is 5.71. The van der Waals surface area contributed by atoms with Gasteiger partial charge in [0.25, 0.3) is 11.8 Å². The normalized spacial score (nSPS) is 16.0. The molecule has 0 saturated carbocycles. The van der Waals surface area contributed by atoms with Gasteiger partial charge in [0.05, 0.1) is 0 Å². The molecule has 0 fully saturated rings. The van der Waals surface area contributed by atoms with Crippen molar-refractivity contribution in [2.24, 2.45) is 0 Å². The summed E-state index contributed by atoms with van der Waals surface area (Å²) < 4.78 is 14.2. The van der Waals surface area contributed by atoms with Crippen LogP contribution in [-0.2, 0) is 0 Å². The maximum absolute atomic E-state index is 13.2. The number of nitrogens with zero attached hydrogens (tertiary/aromatic N) is 4. The molecule has 0 saturated heterocycles. The summed E-state index contributed by atoms with van der Waals surface area (Å²) in [6, 6.07) is 28.6. The Hall–Kier alpha value is -4.63. The molecule has 0 radical (unpaired) electrons. The molecule has 7 rings (SSSR count). The Balaban J connectivity index is 1.09. The highest BCUT2D eigenvalue weighted by atomic mass is 32.2. The molecule has 2 aliphatic rings. The van der Waals surface area contributed by atoms with Gasteiger partial charge in [-0.15, -0.1) is 10.2 Å². The van der Waals surface area contributed by atoms with Crippen molar-refractivity contribution in [3.63, 3.8) is 0 Å². The van der Waals surface area contributed by atoms with Crippen LogP contribution in [0.2, 0.25) is 0 Å². The molecule has 2 amide bonds. The topological polar surface area (TPSA) is 86.6 Å². The zero-order valence-corrected chi connectivity index (χ0v) is 22.2. The molecule has 5 aromatic rings. The first kappa shape index (κ1) is 24.4. The molecule has 198 valence electrons. The molecule has 0 bridgehead atoms. The number of hydrogen-bond donors (Lipinski definition) is 0. The number of hydrogen-bond acceptors (Lipinski definition) is 7. The van der Waals surface area contributed by atoms with Crippen molar-refractivity contribution in [1.82, 2.24) is 19.7 Å². The van der Waals surface area contributed by atoms with E-state index in [1.807, 2.05) is 83.4 Å². The highest BCUT2D eigenvalue weighted by Crippen LogP contribution is 2.37. The summed E-state index contributed by atoms with van der Waals surface area (Å²) in [5.74, 6) is 2.17. The van der Waals surface area contributed by atoms with Gasteiger partial charge in [0, 0.05) is 34.5 Å². The van der Waals surface area contributed by atoms with E-state index in [4.69, 9.17) is 9.47 Å². The smallest absolute Gasteiger partial charge is 0.261 e. The lowest BCUT2D eigenvalue weighted by Gasteiger charge is -2.27. The number of carbonyl (C=O) groups is 2. The lowest BCUT2D eigenvalue weighted by molar-refractivity contribution is 0.0611. The molecule has 0 spiro atoms. The van der Waals surface area contributed by atoms with Gasteiger partial charge in [-0.05, 0) is 48.2 Å². The van der Waals surface area contributed by atoms with Crippen molar-refractivity contribution in [3.05, 3.63) is 108 Å². The molecule has 8 nitrogen and oxygen atoms in total. The fraction of sp³-hybridized carbons (Fsp3) is 0.161. The van der Waals surface area contributed by atoms with Crippen LogP contribution in [0.4, 0.5) is 0 Å². The van der Waals surface area contributed by atoms with Gasteiger partial charge in [-0.25, -0.2) is 0 Å². The summed E-state index contributed by atoms with van der Waals surface area (Å²) in [5, 5.41) is 11.3. The van der Waals surface area contributed by atoms with Gasteiger partial charge in [-0.3, -0.25) is 19.1 Å². The summed E-state index contributed by atoms with van der Waals surface area (Å²) in [4.78, 5) is 27.8. The molecular weight excluding hydrogens is 524 g/mol. The average Bonchev–Trinajstić information content (AvgIpc) is 3.43. The fourth-order valence-corrected chi connectivity index (χ4v) is 6.10. The number of imide groups is 1. The molecule has 0 unspecified atom stereocenters. The molecule has 4 aromatic carbocycles. The number of aromatic nitrogens is 3. The number of amides is 2. The van der Waals surface area contributed by atoms with E-state index >= 15 is 0 Å². The van der Waals surface area contributed by atoms with E-state index in [1.165, 1.54) is 16.7 Å². The Labute approximate surface area is 234 Å². The van der Waals surface area contributed by atoms with Gasteiger partial charge in [0.15, 0.2) is 28.6 Å². The minimum absolute atomic E-state index is 0.247. The lowest BCUT2D eigenvalue weighted by Crippen LogP contribution is -2.41. The number of para-hydroxylation sites is 3. The van der Waals surface area contributed by atoms with Gasteiger partial charge >= 0.3 is 0 Å². The third-order valence-electron chi connectivity index (χ3n) is 7.08. The van der Waals surface area contributed by atoms with E-state index in [2.05, 4.69) is 10.2 Å². The lowest BCUT2D eigenvalue weighted by atomic mass is 9.94. The van der Waals surface area contributed by atoms with E-state index in [0.29, 0.717) is 58.9 Å². The van der Waals surface area contributed by atoms with Gasteiger partial charge in [-0.2, -0.15) is 0 Å². The van der Waals surface area contributed by atoms with E-state index in [9.17, 15) is 9.59 Å². The van der Waals surface area contributed by atoms with E-state index in [-0.39, 0.29) is 11.8 Å². The SMILES string of the molecule is O=C1c2cccc3cccc(c23)C(=O)N1CCCSc1nnc([C@H]2COc3ccccc3O2)n1-c1ccccc1. The van der Waals surface area contributed by atoms with Crippen LogP contribution in [0.25, 0.3) is 16.5 Å². The molecule has 0 N–H and O–H groups in total. The number of fused-ring (bicyclic) bond motifs is 1. The predicted molar refractivity (Wildman–Crippen MR) is 151 cm³/mol. The summed E-state index contributed by atoms with van der Waals surface area (Å²) in [6.07, 6.45) is 0.177. The third-order valence-corrected chi connectivity index (χ3v) is 8.10. The molecule has 0 aliphatic carbocycles. The highest BCUT2D eigenvalue weighted by Gasteiger charge is 2.33. The summed E-state index contributed by atoms with van der Waals surface area (Å²) in [6.45, 7) is 0.637. The number of carbonyl (C=O) groups excluding carboxylic acids is 2. The summed E-state index contributed by atoms with van der Waals surface area (Å²) >= 11 is 1.53. The minimum atomic E-state index is -0.427. The maximum atomic E-state index is 13.2. The highest BCUT2D eigenvalue weighted by molar-refractivity contribution is 7.99. The standard InChI is InChI=1S/C31H24N4O4S/c36-29-22-13-6-9-20-10-7-14-23(27(20)22)30(37)34(29)17-8-18-40-31-33-32-28(35(31)21-11-2-1-3-12-21)26-19-38-24-15-4-5-16-25(24)39-26/h1-7,9-16,26H,8,17-19H2/t26-/m1/s1. The molecule has 1 aromatic heterocycles. The van der Waals surface area contributed by atoms with Crippen LogP contribution in [0, 0.1) is 0 Å². The second-order valence-corrected chi connectivity index (χ2v) is 10.6. The van der Waals surface area contributed by atoms with Gasteiger partial charge in [-0.1, -0.05) is 66.4 Å². The summed E-state index contributed by atoms with van der Waals surface area (Å²) in [5.41, 5.74) is 2.06. The minimum Gasteiger partial charge on any atom is -0.485 e. The Kier molecular flexibility index (Phi) is 6.20. The first-order valence-electron chi connectivity index (χ1n) is 13.1. The zero-order valence-electron chi connectivity index (χ0n) is 21.4. The van der Waals surface area contributed by atoms with Crippen LogP contribution in [0.15, 0.2) is 96.2 Å². The van der Waals surface area contributed by atoms with Crippen molar-refractivity contribution < 1.29 is 19.1 Å². The number of benzene rings is 4. The number of rotatable bonds is 7. The van der Waals surface area contributed by atoms with Crippen molar-refractivity contribution in [1.29, 1.82) is 0 Å². The fourth-order valence-electron chi connectivity index (χ4n) is 5.22. The van der Waals surface area contributed by atoms with Crippen LogP contribution in [0.5, 0.6) is 11.5 Å². The Morgan fingerprint density at radius 2 is 1.50 bits per heavy atom. The van der Waals surface area contributed by atoms with Crippen LogP contribution in [0.3, 0.4) is 0 Å². The van der Waals surface area contributed by atoms with Crippen LogP contribution in [-0.4, -0.2) is 50.4 Å². The largest absolute Gasteiger partial charge is 0.485 e. The van der Waals surface area contributed by atoms with Crippen LogP contribution >= 0.6 is 11.8 Å². The maximum Gasteiger partial charge on any atom is 0.261 e. The van der Waals surface area contributed by atoms with Crippen molar-refractivity contribution in [3.8, 4) is 17.2 Å². The quantitative estimate of drug-likeness (QED) is 0.146. The Morgan fingerprint density at radius 3 is 2.25 bits per heavy atom. The first-order chi connectivity index (χ1) is 19.7. The number of ether oxygens (including phenoxy) is 2. The second-order valence-electron chi connectivity index (χ2n) is 9.55. The first-order valence-corrected chi connectivity index (χ1v) is 14.1. The van der Waals surface area contributed by atoms with Crippen molar-refractivity contribution in [2.75, 3.05) is 18.9 Å². The molecular formula is C31H24N4O4S. The summed E-state index contributed by atoms with van der Waals surface area (Å²) in [7, 11) is 0. The van der Waals surface area contributed by atoms with Gasteiger partial charge in [0.2, 0.25) is 0 Å².